The van der Waals surface area contributed by atoms with E-state index < -0.39 is 0 Å². The molecule has 1 aromatic carbocycles. The Balaban J connectivity index is 2.11. The van der Waals surface area contributed by atoms with Crippen LogP contribution in [0.2, 0.25) is 0 Å². The molecule has 0 aliphatic carbocycles. The van der Waals surface area contributed by atoms with Gasteiger partial charge in [0, 0.05) is 23.3 Å². The van der Waals surface area contributed by atoms with E-state index in [0.717, 1.165) is 6.54 Å². The summed E-state index contributed by atoms with van der Waals surface area (Å²) in [5, 5.41) is 6.09. The molecule has 1 aliphatic heterocycles. The SMILES string of the molecule is CC1(c2ccc3cnccc3c2)CCCN1. The fourth-order valence-electron chi connectivity index (χ4n) is 2.57. The number of nitrogens with one attached hydrogen (secondary N) is 1. The molecule has 2 heteroatoms. The van der Waals surface area contributed by atoms with Gasteiger partial charge in [-0.1, -0.05) is 12.1 Å². The summed E-state index contributed by atoms with van der Waals surface area (Å²) < 4.78 is 0. The van der Waals surface area contributed by atoms with Crippen molar-refractivity contribution in [1.82, 2.24) is 10.3 Å². The molecule has 0 radical (unpaired) electrons. The van der Waals surface area contributed by atoms with Crippen LogP contribution in [0.3, 0.4) is 0 Å². The van der Waals surface area contributed by atoms with Gasteiger partial charge in [0.1, 0.15) is 0 Å². The molecule has 1 N–H and O–H groups in total. The van der Waals surface area contributed by atoms with Crippen LogP contribution in [0.4, 0.5) is 0 Å². The summed E-state index contributed by atoms with van der Waals surface area (Å²) in [6.45, 7) is 3.42. The van der Waals surface area contributed by atoms with E-state index in [1.165, 1.54) is 29.2 Å². The minimum atomic E-state index is 0.164. The largest absolute Gasteiger partial charge is 0.308 e. The minimum Gasteiger partial charge on any atom is -0.308 e. The first kappa shape index (κ1) is 9.79. The van der Waals surface area contributed by atoms with Crippen molar-refractivity contribution < 1.29 is 0 Å². The van der Waals surface area contributed by atoms with Crippen LogP contribution < -0.4 is 5.32 Å². The highest BCUT2D eigenvalue weighted by Gasteiger charge is 2.29. The third-order valence-electron chi connectivity index (χ3n) is 3.65. The van der Waals surface area contributed by atoms with Crippen LogP contribution in [0.15, 0.2) is 36.7 Å². The van der Waals surface area contributed by atoms with E-state index in [2.05, 4.69) is 41.5 Å². The van der Waals surface area contributed by atoms with Gasteiger partial charge >= 0.3 is 0 Å². The van der Waals surface area contributed by atoms with Gasteiger partial charge in [-0.15, -0.1) is 0 Å². The molecule has 0 saturated carbocycles. The molecule has 2 heterocycles. The molecule has 2 aromatic rings. The zero-order chi connectivity index (χ0) is 11.0. The average molecular weight is 212 g/mol. The lowest BCUT2D eigenvalue weighted by Crippen LogP contribution is -2.32. The first-order valence-corrected chi connectivity index (χ1v) is 5.87. The van der Waals surface area contributed by atoms with Gasteiger partial charge in [-0.3, -0.25) is 4.98 Å². The molecule has 1 atom stereocenters. The predicted octanol–water partition coefficient (Wildman–Crippen LogP) is 2.83. The van der Waals surface area contributed by atoms with Gasteiger partial charge in [0.2, 0.25) is 0 Å². The van der Waals surface area contributed by atoms with Crippen molar-refractivity contribution in [1.29, 1.82) is 0 Å². The molecule has 1 aliphatic rings. The molecular formula is C14H16N2. The molecule has 0 bridgehead atoms. The zero-order valence-corrected chi connectivity index (χ0v) is 9.53. The Labute approximate surface area is 95.7 Å². The maximum Gasteiger partial charge on any atom is 0.0406 e. The number of aromatic nitrogens is 1. The van der Waals surface area contributed by atoms with Crippen LogP contribution in [-0.2, 0) is 5.54 Å². The van der Waals surface area contributed by atoms with Crippen LogP contribution in [0, 0.1) is 0 Å². The molecule has 1 aromatic heterocycles. The quantitative estimate of drug-likeness (QED) is 0.786. The Morgan fingerprint density at radius 2 is 2.19 bits per heavy atom. The van der Waals surface area contributed by atoms with Crippen molar-refractivity contribution in [2.24, 2.45) is 0 Å². The summed E-state index contributed by atoms with van der Waals surface area (Å²) in [6.07, 6.45) is 6.27. The van der Waals surface area contributed by atoms with Crippen LogP contribution in [0.25, 0.3) is 10.8 Å². The van der Waals surface area contributed by atoms with Crippen molar-refractivity contribution in [2.75, 3.05) is 6.54 Å². The van der Waals surface area contributed by atoms with Crippen LogP contribution >= 0.6 is 0 Å². The summed E-state index contributed by atoms with van der Waals surface area (Å²) >= 11 is 0. The molecule has 0 spiro atoms. The third-order valence-corrected chi connectivity index (χ3v) is 3.65. The van der Waals surface area contributed by atoms with Gasteiger partial charge in [-0.25, -0.2) is 0 Å². The van der Waals surface area contributed by atoms with Crippen molar-refractivity contribution in [3.05, 3.63) is 42.2 Å². The average Bonchev–Trinajstić information content (AvgIpc) is 2.77. The molecule has 82 valence electrons. The number of hydrogen-bond acceptors (Lipinski definition) is 2. The normalized spacial score (nSPS) is 25.1. The molecule has 16 heavy (non-hydrogen) atoms. The van der Waals surface area contributed by atoms with E-state index in [9.17, 15) is 0 Å². The van der Waals surface area contributed by atoms with Crippen molar-refractivity contribution >= 4 is 10.8 Å². The number of pyridine rings is 1. The van der Waals surface area contributed by atoms with Crippen molar-refractivity contribution in [2.45, 2.75) is 25.3 Å². The van der Waals surface area contributed by atoms with E-state index >= 15 is 0 Å². The van der Waals surface area contributed by atoms with Crippen LogP contribution in [0.1, 0.15) is 25.3 Å². The molecular weight excluding hydrogens is 196 g/mol. The van der Waals surface area contributed by atoms with E-state index in [0.29, 0.717) is 0 Å². The molecule has 0 amide bonds. The molecule has 1 unspecified atom stereocenters. The Hall–Kier alpha value is -1.41. The summed E-state index contributed by atoms with van der Waals surface area (Å²) in [4.78, 5) is 4.14. The maximum absolute atomic E-state index is 4.14. The number of rotatable bonds is 1. The topological polar surface area (TPSA) is 24.9 Å². The Kier molecular flexibility index (Phi) is 2.18. The Bertz CT molecular complexity index is 513. The highest BCUT2D eigenvalue weighted by Crippen LogP contribution is 2.31. The van der Waals surface area contributed by atoms with Gasteiger partial charge in [0.15, 0.2) is 0 Å². The van der Waals surface area contributed by atoms with Crippen LogP contribution in [0.5, 0.6) is 0 Å². The Morgan fingerprint density at radius 1 is 1.25 bits per heavy atom. The van der Waals surface area contributed by atoms with Gasteiger partial charge in [0.05, 0.1) is 0 Å². The lowest BCUT2D eigenvalue weighted by Gasteiger charge is -2.25. The Morgan fingerprint density at radius 3 is 3.00 bits per heavy atom. The standard InChI is InChI=1S/C14H16N2/c1-14(6-2-7-16-14)13-4-3-12-10-15-8-5-11(12)9-13/h3-5,8-10,16H,2,6-7H2,1H3. The zero-order valence-electron chi connectivity index (χ0n) is 9.53. The maximum atomic E-state index is 4.14. The van der Waals surface area contributed by atoms with E-state index in [1.807, 2.05) is 12.4 Å². The minimum absolute atomic E-state index is 0.164. The fourth-order valence-corrected chi connectivity index (χ4v) is 2.57. The van der Waals surface area contributed by atoms with Crippen molar-refractivity contribution in [3.8, 4) is 0 Å². The van der Waals surface area contributed by atoms with E-state index in [1.54, 1.807) is 0 Å². The third kappa shape index (κ3) is 1.50. The second-order valence-electron chi connectivity index (χ2n) is 4.80. The number of benzene rings is 1. The second-order valence-corrected chi connectivity index (χ2v) is 4.80. The lowest BCUT2D eigenvalue weighted by molar-refractivity contribution is 0.435. The first-order chi connectivity index (χ1) is 7.78. The van der Waals surface area contributed by atoms with Crippen molar-refractivity contribution in [3.63, 3.8) is 0 Å². The van der Waals surface area contributed by atoms with Gasteiger partial charge in [-0.2, -0.15) is 0 Å². The first-order valence-electron chi connectivity index (χ1n) is 5.87. The van der Waals surface area contributed by atoms with E-state index in [4.69, 9.17) is 0 Å². The molecule has 1 fully saturated rings. The fraction of sp³-hybridized carbons (Fsp3) is 0.357. The van der Waals surface area contributed by atoms with Crippen LogP contribution in [-0.4, -0.2) is 11.5 Å². The smallest absolute Gasteiger partial charge is 0.0406 e. The highest BCUT2D eigenvalue weighted by molar-refractivity contribution is 5.82. The highest BCUT2D eigenvalue weighted by atomic mass is 15.0. The summed E-state index contributed by atoms with van der Waals surface area (Å²) in [5.74, 6) is 0. The molecule has 2 nitrogen and oxygen atoms in total. The van der Waals surface area contributed by atoms with Gasteiger partial charge in [0.25, 0.3) is 0 Å². The summed E-state index contributed by atoms with van der Waals surface area (Å²) in [7, 11) is 0. The second kappa shape index (κ2) is 3.56. The summed E-state index contributed by atoms with van der Waals surface area (Å²) in [5.41, 5.74) is 1.56. The van der Waals surface area contributed by atoms with Gasteiger partial charge in [-0.05, 0) is 49.4 Å². The number of hydrogen-bond donors (Lipinski definition) is 1. The van der Waals surface area contributed by atoms with Gasteiger partial charge < -0.3 is 5.32 Å². The number of fused-ring (bicyclic) bond motifs is 1. The number of nitrogens with zero attached hydrogens (tertiary/aromatic N) is 1. The van der Waals surface area contributed by atoms with E-state index in [-0.39, 0.29) is 5.54 Å². The predicted molar refractivity (Wildman–Crippen MR) is 66.3 cm³/mol. The lowest BCUT2D eigenvalue weighted by atomic mass is 9.89. The molecule has 1 saturated heterocycles. The summed E-state index contributed by atoms with van der Waals surface area (Å²) in [6, 6.07) is 8.76. The molecule has 3 rings (SSSR count). The monoisotopic (exact) mass is 212 g/mol.